The number of rotatable bonds is 10. The van der Waals surface area contributed by atoms with Crippen LogP contribution in [0.15, 0.2) is 9.03 Å². The summed E-state index contributed by atoms with van der Waals surface area (Å²) >= 11 is 0. The molecule has 0 saturated carbocycles. The van der Waals surface area contributed by atoms with Crippen molar-refractivity contribution in [3.05, 3.63) is 0 Å². The largest absolute Gasteiger partial charge is 0.405 e. The average molecular weight is 554 g/mol. The molecule has 2 heterocycles. The van der Waals surface area contributed by atoms with Crippen LogP contribution in [-0.2, 0) is 0 Å². The van der Waals surface area contributed by atoms with Crippen molar-refractivity contribution < 1.29 is 0 Å². The van der Waals surface area contributed by atoms with Gasteiger partial charge in [-0.25, -0.2) is 28.0 Å². The molecule has 0 aromatic carbocycles. The van der Waals surface area contributed by atoms with Gasteiger partial charge in [-0.3, -0.25) is 0 Å². The molecule has 2 aliphatic heterocycles. The second kappa shape index (κ2) is 13.1. The van der Waals surface area contributed by atoms with E-state index in [0.29, 0.717) is 0 Å². The van der Waals surface area contributed by atoms with E-state index in [2.05, 4.69) is 122 Å². The van der Waals surface area contributed by atoms with Gasteiger partial charge in [0.2, 0.25) is 15.0 Å². The Bertz CT molecular complexity index is 648. The van der Waals surface area contributed by atoms with E-state index >= 15 is 0 Å². The zero-order chi connectivity index (χ0) is 26.6. The molecule has 2 fully saturated rings. The van der Waals surface area contributed by atoms with Crippen LogP contribution >= 0.6 is 22.9 Å². The Kier molecular flexibility index (Phi) is 11.9. The Morgan fingerprint density at radius 2 is 0.657 bits per heavy atom. The van der Waals surface area contributed by atoms with E-state index in [1.165, 1.54) is 38.5 Å². The minimum absolute atomic E-state index is 1.08. The average Bonchev–Trinajstić information content (AvgIpc) is 2.79. The number of hydrogen-bond acceptors (Lipinski definition) is 4. The molecule has 0 spiro atoms. The fourth-order valence-electron chi connectivity index (χ4n) is 5.66. The van der Waals surface area contributed by atoms with Crippen LogP contribution in [0.2, 0.25) is 0 Å². The van der Waals surface area contributed by atoms with Crippen molar-refractivity contribution in [2.24, 2.45) is 9.03 Å². The molecule has 0 radical (unpaired) electrons. The fourth-order valence-corrected chi connectivity index (χ4v) is 20.6. The summed E-state index contributed by atoms with van der Waals surface area (Å²) in [5, 5.41) is 0. The van der Waals surface area contributed by atoms with E-state index in [-0.39, 0.29) is 0 Å². The molecule has 0 amide bonds. The third-order valence-electron chi connectivity index (χ3n) is 7.12. The van der Waals surface area contributed by atoms with E-state index < -0.39 is 22.9 Å². The van der Waals surface area contributed by atoms with Gasteiger partial charge in [0.25, 0.3) is 0 Å². The van der Waals surface area contributed by atoms with Crippen LogP contribution in [0.3, 0.4) is 0 Å². The van der Waals surface area contributed by atoms with Crippen molar-refractivity contribution in [1.82, 2.24) is 37.4 Å². The third-order valence-corrected chi connectivity index (χ3v) is 19.7. The topological polar surface area (TPSA) is 50.6 Å². The molecule has 0 N–H and O–H groups in total. The molecule has 0 atom stereocenters. The van der Waals surface area contributed by atoms with E-state index in [9.17, 15) is 0 Å². The van der Waals surface area contributed by atoms with Crippen molar-refractivity contribution in [3.8, 4) is 0 Å². The quantitative estimate of drug-likeness (QED) is 0.354. The minimum atomic E-state index is -2.45. The predicted octanol–water partition coefficient (Wildman–Crippen LogP) is 4.90. The smallest absolute Gasteiger partial charge is 0.249 e. The molecule has 13 heteroatoms. The van der Waals surface area contributed by atoms with Gasteiger partial charge in [-0.15, -0.1) is 9.34 Å². The Labute approximate surface area is 218 Å². The Morgan fingerprint density at radius 1 is 0.429 bits per heavy atom. The first-order valence-corrected chi connectivity index (χ1v) is 17.8. The maximum atomic E-state index is 6.15. The summed E-state index contributed by atoms with van der Waals surface area (Å²) in [6, 6.07) is 0. The molecular weight excluding hydrogens is 497 g/mol. The summed E-state index contributed by atoms with van der Waals surface area (Å²) in [4.78, 5) is 0. The molecule has 2 saturated heterocycles. The van der Waals surface area contributed by atoms with Crippen LogP contribution in [0, 0.1) is 0 Å². The van der Waals surface area contributed by atoms with Crippen molar-refractivity contribution >= 4 is 22.9 Å². The van der Waals surface area contributed by atoms with Crippen LogP contribution in [0.4, 0.5) is 0 Å². The van der Waals surface area contributed by atoms with E-state index in [0.717, 1.165) is 26.2 Å². The molecule has 208 valence electrons. The van der Waals surface area contributed by atoms with Crippen molar-refractivity contribution in [2.45, 2.75) is 38.5 Å². The molecule has 2 aliphatic rings. The Morgan fingerprint density at radius 3 is 0.857 bits per heavy atom. The lowest BCUT2D eigenvalue weighted by Crippen LogP contribution is -2.42. The van der Waals surface area contributed by atoms with Gasteiger partial charge in [0.1, 0.15) is 0 Å². The van der Waals surface area contributed by atoms with Crippen molar-refractivity contribution in [2.75, 3.05) is 111 Å². The minimum Gasteiger partial charge on any atom is -0.249 e. The monoisotopic (exact) mass is 553 g/mol. The summed E-state index contributed by atoms with van der Waals surface area (Å²) in [7, 11) is 19.6. The molecule has 0 unspecified atom stereocenters. The van der Waals surface area contributed by atoms with Gasteiger partial charge in [-0.2, -0.15) is 0 Å². The number of piperidine rings is 2. The van der Waals surface area contributed by atoms with Crippen LogP contribution in [0.1, 0.15) is 38.5 Å². The summed E-state index contributed by atoms with van der Waals surface area (Å²) in [6.07, 6.45) is 7.54. The van der Waals surface area contributed by atoms with E-state index in [1.807, 2.05) is 0 Å². The van der Waals surface area contributed by atoms with Crippen molar-refractivity contribution in [1.29, 1.82) is 0 Å². The molecule has 0 aromatic rings. The Hall–Kier alpha value is 0.570. The SMILES string of the molecule is CN(C)P(=N[P+](N=P(N(C)C)(N(C)C)N(C)C)(N1CCCCC1)N1CCCCC1)(N(C)C)N(C)C. The van der Waals surface area contributed by atoms with Crippen LogP contribution in [0.25, 0.3) is 0 Å². The summed E-state index contributed by atoms with van der Waals surface area (Å²) in [5.41, 5.74) is 0. The zero-order valence-electron chi connectivity index (χ0n) is 24.9. The van der Waals surface area contributed by atoms with E-state index in [1.54, 1.807) is 0 Å². The standard InChI is InChI=1S/C22H56N10P3/c1-25(2)34(26(3)4,27(5)6)23-33(31-19-15-13-16-20-31,32-21-17-14-18-22-32)24-35(28(7)8,29(9)10)30(11)12/h13-22H2,1-12H3/q+1. The highest BCUT2D eigenvalue weighted by atomic mass is 31.3. The van der Waals surface area contributed by atoms with Gasteiger partial charge >= 0.3 is 7.87 Å². The van der Waals surface area contributed by atoms with Crippen LogP contribution < -0.4 is 0 Å². The van der Waals surface area contributed by atoms with Gasteiger partial charge in [0.15, 0.2) is 0 Å². The second-order valence-corrected chi connectivity index (χ2v) is 21.5. The highest BCUT2D eigenvalue weighted by Crippen LogP contribution is 2.80. The van der Waals surface area contributed by atoms with Gasteiger partial charge in [0.05, 0.1) is 0 Å². The lowest BCUT2D eigenvalue weighted by Gasteiger charge is -2.47. The number of nitrogens with zero attached hydrogens (tertiary/aromatic N) is 10. The summed E-state index contributed by atoms with van der Waals surface area (Å²) < 4.78 is 32.0. The molecule has 35 heavy (non-hydrogen) atoms. The molecule has 2 rings (SSSR count). The summed E-state index contributed by atoms with van der Waals surface area (Å²) in [6.45, 7) is 4.33. The normalized spacial score (nSPS) is 20.2. The van der Waals surface area contributed by atoms with Gasteiger partial charge in [-0.05, 0) is 119 Å². The first-order valence-electron chi connectivity index (χ1n) is 13.0. The fraction of sp³-hybridized carbons (Fsp3) is 1.00. The Balaban J connectivity index is 3.12. The highest BCUT2D eigenvalue weighted by Gasteiger charge is 2.59. The number of hydrogen-bond donors (Lipinski definition) is 0. The molecule has 10 nitrogen and oxygen atoms in total. The van der Waals surface area contributed by atoms with Crippen LogP contribution in [0.5, 0.6) is 0 Å². The first-order chi connectivity index (χ1) is 16.3. The lowest BCUT2D eigenvalue weighted by molar-refractivity contribution is 0.297. The maximum Gasteiger partial charge on any atom is 0.405 e. The van der Waals surface area contributed by atoms with Gasteiger partial charge in [-0.1, -0.05) is 12.8 Å². The van der Waals surface area contributed by atoms with Crippen molar-refractivity contribution in [3.63, 3.8) is 0 Å². The second-order valence-electron chi connectivity index (χ2n) is 10.9. The zero-order valence-corrected chi connectivity index (χ0v) is 27.6. The highest BCUT2D eigenvalue weighted by molar-refractivity contribution is 7.80. The predicted molar refractivity (Wildman–Crippen MR) is 159 cm³/mol. The van der Waals surface area contributed by atoms with Gasteiger partial charge < -0.3 is 0 Å². The first kappa shape index (κ1) is 31.8. The third kappa shape index (κ3) is 6.25. The maximum absolute atomic E-state index is 6.15. The lowest BCUT2D eigenvalue weighted by atomic mass is 10.2. The van der Waals surface area contributed by atoms with Gasteiger partial charge in [0, 0.05) is 26.2 Å². The van der Waals surface area contributed by atoms with Crippen LogP contribution in [-0.4, -0.2) is 148 Å². The molecule has 0 aliphatic carbocycles. The van der Waals surface area contributed by atoms with E-state index in [4.69, 9.17) is 9.03 Å². The molecule has 0 aromatic heterocycles. The summed E-state index contributed by atoms with van der Waals surface area (Å²) in [5.74, 6) is 0. The molecule has 0 bridgehead atoms. The molecular formula is C22H56N10P3+.